The monoisotopic (exact) mass is 508 g/mol. The number of hydrogen-bond donors (Lipinski definition) is 1. The highest BCUT2D eigenvalue weighted by Crippen LogP contribution is 2.39. The molecule has 0 atom stereocenters. The third-order valence-electron chi connectivity index (χ3n) is 5.89. The van der Waals surface area contributed by atoms with Gasteiger partial charge in [-0.15, -0.1) is 0 Å². The summed E-state index contributed by atoms with van der Waals surface area (Å²) in [6.45, 7) is 14.7. The number of aryl methyl sites for hydroxylation is 2. The lowest BCUT2D eigenvalue weighted by Crippen LogP contribution is -2.32. The summed E-state index contributed by atoms with van der Waals surface area (Å²) in [4.78, 5) is 1.89. The lowest BCUT2D eigenvalue weighted by molar-refractivity contribution is -0.153. The molecular formula is C25H32F4N6O. The minimum absolute atomic E-state index is 0.0469. The van der Waals surface area contributed by atoms with Crippen LogP contribution in [0.25, 0.3) is 5.70 Å². The number of rotatable bonds is 6. The zero-order valence-corrected chi connectivity index (χ0v) is 21.3. The number of fused-ring (bicyclic) bond motifs is 1. The molecule has 1 fully saturated rings. The predicted molar refractivity (Wildman–Crippen MR) is 134 cm³/mol. The van der Waals surface area contributed by atoms with Gasteiger partial charge in [0, 0.05) is 37.3 Å². The van der Waals surface area contributed by atoms with Crippen molar-refractivity contribution in [2.24, 2.45) is 12.1 Å². The van der Waals surface area contributed by atoms with Gasteiger partial charge in [-0.25, -0.2) is 9.40 Å². The molecule has 2 aromatic rings. The molecule has 0 spiro atoms. The Morgan fingerprint density at radius 1 is 1.19 bits per heavy atom. The maximum Gasteiger partial charge on any atom is 0.422 e. The lowest BCUT2D eigenvalue weighted by Gasteiger charge is -2.27. The van der Waals surface area contributed by atoms with E-state index >= 15 is 4.39 Å². The summed E-state index contributed by atoms with van der Waals surface area (Å²) in [5, 5.41) is 13.1. The highest BCUT2D eigenvalue weighted by molar-refractivity contribution is 5.90. The van der Waals surface area contributed by atoms with Crippen molar-refractivity contribution >= 4 is 22.9 Å². The number of nitrogens with one attached hydrogen (secondary N) is 1. The minimum Gasteiger partial charge on any atom is -0.483 e. The van der Waals surface area contributed by atoms with Crippen LogP contribution in [0, 0.1) is 19.7 Å². The number of hydrogen-bond acceptors (Lipinski definition) is 6. The summed E-state index contributed by atoms with van der Waals surface area (Å²) in [5.41, 5.74) is 2.27. The fraction of sp³-hybridized carbons (Fsp3) is 0.440. The number of nitrogens with zero attached hydrogens (tertiary/aromatic N) is 5. The Labute approximate surface area is 208 Å². The highest BCUT2D eigenvalue weighted by atomic mass is 19.4. The molecule has 0 amide bonds. The first-order chi connectivity index (χ1) is 17.0. The highest BCUT2D eigenvalue weighted by Gasteiger charge is 2.33. The Hall–Kier alpha value is -3.50. The van der Waals surface area contributed by atoms with Crippen molar-refractivity contribution in [2.75, 3.05) is 23.5 Å². The molecule has 36 heavy (non-hydrogen) atoms. The van der Waals surface area contributed by atoms with Gasteiger partial charge in [0.05, 0.1) is 17.1 Å². The van der Waals surface area contributed by atoms with Crippen molar-refractivity contribution in [3.05, 3.63) is 53.9 Å². The molecule has 11 heteroatoms. The van der Waals surface area contributed by atoms with Crippen LogP contribution in [-0.4, -0.2) is 39.8 Å². The first kappa shape index (κ1) is 27.1. The van der Waals surface area contributed by atoms with Crippen LogP contribution >= 0.6 is 0 Å². The van der Waals surface area contributed by atoms with Gasteiger partial charge in [-0.05, 0) is 32.8 Å². The molecule has 7 nitrogen and oxygen atoms in total. The van der Waals surface area contributed by atoms with E-state index in [0.717, 1.165) is 36.9 Å². The van der Waals surface area contributed by atoms with E-state index in [1.807, 2.05) is 25.7 Å². The van der Waals surface area contributed by atoms with Gasteiger partial charge < -0.3 is 15.0 Å². The molecule has 0 radical (unpaired) electrons. The number of piperidine rings is 1. The largest absolute Gasteiger partial charge is 0.483 e. The van der Waals surface area contributed by atoms with Gasteiger partial charge >= 0.3 is 6.18 Å². The molecule has 2 aliphatic heterocycles. The van der Waals surface area contributed by atoms with Gasteiger partial charge in [0.2, 0.25) is 0 Å². The normalized spacial score (nSPS) is 15.2. The predicted octanol–water partition coefficient (Wildman–Crippen LogP) is 6.32. The third kappa shape index (κ3) is 5.50. The second-order valence-electron chi connectivity index (χ2n) is 8.33. The summed E-state index contributed by atoms with van der Waals surface area (Å²) in [6.07, 6.45) is -1.95. The van der Waals surface area contributed by atoms with Crippen molar-refractivity contribution < 1.29 is 22.3 Å². The van der Waals surface area contributed by atoms with Crippen LogP contribution < -0.4 is 15.1 Å². The number of ether oxygens (including phenoxy) is 1. The van der Waals surface area contributed by atoms with E-state index < -0.39 is 18.6 Å². The minimum atomic E-state index is -4.57. The summed E-state index contributed by atoms with van der Waals surface area (Å²) in [7, 11) is 1.76. The maximum atomic E-state index is 15.3. The average Bonchev–Trinajstić information content (AvgIpc) is 3.29. The van der Waals surface area contributed by atoms with Crippen molar-refractivity contribution in [1.29, 1.82) is 0 Å². The molecule has 0 saturated carbocycles. The van der Waals surface area contributed by atoms with Crippen LogP contribution in [0.3, 0.4) is 0 Å². The first-order valence-electron chi connectivity index (χ1n) is 11.8. The molecule has 4 rings (SSSR count). The van der Waals surface area contributed by atoms with Crippen molar-refractivity contribution in [3.8, 4) is 5.75 Å². The summed E-state index contributed by atoms with van der Waals surface area (Å²) >= 11 is 0. The first-order valence-corrected chi connectivity index (χ1v) is 11.8. The fourth-order valence-electron chi connectivity index (χ4n) is 4.07. The zero-order chi connectivity index (χ0) is 26.8. The topological polar surface area (TPSA) is 57.9 Å². The number of hydrazone groups is 1. The molecule has 0 aliphatic carbocycles. The number of anilines is 2. The van der Waals surface area contributed by atoms with Gasteiger partial charge in [-0.1, -0.05) is 27.0 Å². The Morgan fingerprint density at radius 2 is 1.89 bits per heavy atom. The van der Waals surface area contributed by atoms with Crippen LogP contribution in [0.2, 0.25) is 0 Å². The maximum absolute atomic E-state index is 15.3. The van der Waals surface area contributed by atoms with Gasteiger partial charge in [0.15, 0.2) is 6.61 Å². The SMILES string of the molecule is C=C(Nc1c(C)nn(C)c1C)c1cc(F)c(N2N=C3CCCCN3C2=C)cc1OCC(F)(F)F.CC. The lowest BCUT2D eigenvalue weighted by atomic mass is 10.1. The van der Waals surface area contributed by atoms with E-state index in [9.17, 15) is 13.2 Å². The van der Waals surface area contributed by atoms with E-state index in [4.69, 9.17) is 4.74 Å². The van der Waals surface area contributed by atoms with E-state index in [-0.39, 0.29) is 22.7 Å². The molecule has 2 aliphatic rings. The summed E-state index contributed by atoms with van der Waals surface area (Å²) < 4.78 is 61.0. The quantitative estimate of drug-likeness (QED) is 0.463. The number of alkyl halides is 3. The third-order valence-corrected chi connectivity index (χ3v) is 5.89. The fourth-order valence-corrected chi connectivity index (χ4v) is 4.07. The number of halogens is 4. The van der Waals surface area contributed by atoms with Gasteiger partial charge in [0.25, 0.3) is 0 Å². The number of aromatic nitrogens is 2. The van der Waals surface area contributed by atoms with Gasteiger partial charge in [-0.2, -0.15) is 23.4 Å². The second kappa shape index (κ2) is 10.6. The van der Waals surface area contributed by atoms with Crippen LogP contribution in [0.1, 0.15) is 50.1 Å². The molecule has 3 heterocycles. The Balaban J connectivity index is 0.00000176. The molecule has 0 bridgehead atoms. The van der Waals surface area contributed by atoms with Crippen LogP contribution in [-0.2, 0) is 7.05 Å². The second-order valence-corrected chi connectivity index (χ2v) is 8.33. The smallest absolute Gasteiger partial charge is 0.422 e. The van der Waals surface area contributed by atoms with Crippen LogP contribution in [0.5, 0.6) is 5.75 Å². The van der Waals surface area contributed by atoms with Crippen LogP contribution in [0.15, 0.2) is 36.2 Å². The van der Waals surface area contributed by atoms with E-state index in [1.54, 1.807) is 18.7 Å². The Bertz CT molecular complexity index is 1180. The molecule has 1 N–H and O–H groups in total. The Kier molecular flexibility index (Phi) is 8.00. The molecule has 1 aromatic heterocycles. The number of benzene rings is 1. The standard InChI is InChI=1S/C23H26F4N6O.C2H6/c1-13(28-22-14(2)29-31(5)15(22)3)17-10-18(24)19(11-20(17)34-12-23(25,26)27)33-16(4)32-9-7-6-8-21(32)30-33;1-2/h10-11,28H,1,4,6-9,12H2,2-3,5H3;1-2H3. The molecular weight excluding hydrogens is 476 g/mol. The van der Waals surface area contributed by atoms with Crippen molar-refractivity contribution in [1.82, 2.24) is 14.7 Å². The zero-order valence-electron chi connectivity index (χ0n) is 21.3. The van der Waals surface area contributed by atoms with Gasteiger partial charge in [0.1, 0.15) is 28.9 Å². The molecule has 1 aromatic carbocycles. The van der Waals surface area contributed by atoms with E-state index in [0.29, 0.717) is 23.7 Å². The summed E-state index contributed by atoms with van der Waals surface area (Å²) in [5.74, 6) is 0.332. The van der Waals surface area contributed by atoms with E-state index in [1.165, 1.54) is 11.1 Å². The average molecular weight is 509 g/mol. The summed E-state index contributed by atoms with van der Waals surface area (Å²) in [6, 6.07) is 2.31. The molecule has 1 saturated heterocycles. The van der Waals surface area contributed by atoms with Crippen molar-refractivity contribution in [3.63, 3.8) is 0 Å². The molecule has 0 unspecified atom stereocenters. The molecule has 196 valence electrons. The van der Waals surface area contributed by atoms with Crippen molar-refractivity contribution in [2.45, 2.75) is 53.1 Å². The number of amidine groups is 1. The van der Waals surface area contributed by atoms with E-state index in [2.05, 4.69) is 28.7 Å². The van der Waals surface area contributed by atoms with Crippen LogP contribution in [0.4, 0.5) is 28.9 Å². The Morgan fingerprint density at radius 3 is 2.47 bits per heavy atom. The van der Waals surface area contributed by atoms with Gasteiger partial charge in [-0.3, -0.25) is 4.68 Å².